The van der Waals surface area contributed by atoms with Crippen LogP contribution in [0.15, 0.2) is 23.8 Å². The topological polar surface area (TPSA) is 46.2 Å². The van der Waals surface area contributed by atoms with Gasteiger partial charge in [0, 0.05) is 6.04 Å². The van der Waals surface area contributed by atoms with E-state index in [0.29, 0.717) is 0 Å². The molecule has 0 aromatic rings. The largest absolute Gasteiger partial charge is 0.394 e. The fourth-order valence-corrected chi connectivity index (χ4v) is 1.22. The Labute approximate surface area is 67.4 Å². The molecule has 0 radical (unpaired) electrons. The van der Waals surface area contributed by atoms with E-state index < -0.39 is 0 Å². The smallest absolute Gasteiger partial charge is 0.0621 e. The molecule has 0 spiro atoms. The molecule has 1 aliphatic rings. The van der Waals surface area contributed by atoms with Crippen LogP contribution in [-0.2, 0) is 0 Å². The third kappa shape index (κ3) is 2.48. The minimum absolute atomic E-state index is 0.0552. The molecule has 0 saturated carbocycles. The fraction of sp³-hybridized carbons (Fsp3) is 0.556. The van der Waals surface area contributed by atoms with Crippen molar-refractivity contribution in [2.75, 3.05) is 6.61 Å². The second kappa shape index (κ2) is 4.31. The van der Waals surface area contributed by atoms with Gasteiger partial charge in [0.15, 0.2) is 0 Å². The van der Waals surface area contributed by atoms with Crippen LogP contribution in [0.2, 0.25) is 0 Å². The van der Waals surface area contributed by atoms with E-state index in [4.69, 9.17) is 10.8 Å². The summed E-state index contributed by atoms with van der Waals surface area (Å²) in [7, 11) is 0. The SMILES string of the molecule is N[C@H](CO)C1=CC=CCCC1. The Kier molecular flexibility index (Phi) is 3.33. The molecule has 0 aromatic carbocycles. The van der Waals surface area contributed by atoms with Crippen LogP contribution in [0.3, 0.4) is 0 Å². The molecule has 2 nitrogen and oxygen atoms in total. The molecule has 0 aliphatic heterocycles. The number of rotatable bonds is 2. The Morgan fingerprint density at radius 1 is 1.64 bits per heavy atom. The van der Waals surface area contributed by atoms with Crippen LogP contribution in [0.1, 0.15) is 19.3 Å². The minimum Gasteiger partial charge on any atom is -0.394 e. The van der Waals surface area contributed by atoms with Crippen molar-refractivity contribution in [3.8, 4) is 0 Å². The Balaban J connectivity index is 2.55. The van der Waals surface area contributed by atoms with Gasteiger partial charge < -0.3 is 10.8 Å². The molecule has 0 heterocycles. The molecule has 2 heteroatoms. The van der Waals surface area contributed by atoms with E-state index in [9.17, 15) is 0 Å². The van der Waals surface area contributed by atoms with Crippen LogP contribution in [-0.4, -0.2) is 17.8 Å². The molecular formula is C9H15NO. The summed E-state index contributed by atoms with van der Waals surface area (Å²) in [6, 6.07) is -0.155. The molecule has 11 heavy (non-hydrogen) atoms. The van der Waals surface area contributed by atoms with Crippen LogP contribution in [0.25, 0.3) is 0 Å². The maximum atomic E-state index is 8.79. The van der Waals surface area contributed by atoms with Crippen molar-refractivity contribution in [1.29, 1.82) is 0 Å². The maximum absolute atomic E-state index is 8.79. The zero-order valence-corrected chi connectivity index (χ0v) is 6.66. The van der Waals surface area contributed by atoms with E-state index in [1.807, 2.05) is 12.2 Å². The molecule has 0 aromatic heterocycles. The van der Waals surface area contributed by atoms with Crippen LogP contribution < -0.4 is 5.73 Å². The summed E-state index contributed by atoms with van der Waals surface area (Å²) >= 11 is 0. The summed E-state index contributed by atoms with van der Waals surface area (Å²) in [4.78, 5) is 0. The van der Waals surface area contributed by atoms with Gasteiger partial charge in [-0.25, -0.2) is 0 Å². The van der Waals surface area contributed by atoms with Crippen LogP contribution in [0, 0.1) is 0 Å². The van der Waals surface area contributed by atoms with Gasteiger partial charge in [0.05, 0.1) is 6.61 Å². The highest BCUT2D eigenvalue weighted by Gasteiger charge is 2.07. The first kappa shape index (κ1) is 8.50. The van der Waals surface area contributed by atoms with Crippen molar-refractivity contribution < 1.29 is 5.11 Å². The zero-order chi connectivity index (χ0) is 8.10. The van der Waals surface area contributed by atoms with E-state index in [-0.39, 0.29) is 12.6 Å². The minimum atomic E-state index is -0.155. The van der Waals surface area contributed by atoms with Gasteiger partial charge >= 0.3 is 0 Å². The van der Waals surface area contributed by atoms with E-state index >= 15 is 0 Å². The molecule has 0 unspecified atom stereocenters. The summed E-state index contributed by atoms with van der Waals surface area (Å²) in [5, 5.41) is 8.79. The lowest BCUT2D eigenvalue weighted by atomic mass is 10.0. The van der Waals surface area contributed by atoms with E-state index in [1.165, 1.54) is 5.57 Å². The van der Waals surface area contributed by atoms with Crippen molar-refractivity contribution in [3.63, 3.8) is 0 Å². The monoisotopic (exact) mass is 153 g/mol. The second-order valence-electron chi connectivity index (χ2n) is 2.85. The average molecular weight is 153 g/mol. The third-order valence-corrected chi connectivity index (χ3v) is 1.96. The lowest BCUT2D eigenvalue weighted by molar-refractivity contribution is 0.277. The molecule has 0 saturated heterocycles. The molecule has 0 bridgehead atoms. The Hall–Kier alpha value is -0.600. The van der Waals surface area contributed by atoms with Crippen LogP contribution >= 0.6 is 0 Å². The predicted molar refractivity (Wildman–Crippen MR) is 46.1 cm³/mol. The molecule has 0 amide bonds. The number of aliphatic hydroxyl groups excluding tert-OH is 1. The first-order valence-electron chi connectivity index (χ1n) is 4.06. The van der Waals surface area contributed by atoms with Gasteiger partial charge in [0.2, 0.25) is 0 Å². The highest BCUT2D eigenvalue weighted by Crippen LogP contribution is 2.14. The Bertz CT molecular complexity index is 172. The summed E-state index contributed by atoms with van der Waals surface area (Å²) < 4.78 is 0. The lowest BCUT2D eigenvalue weighted by Gasteiger charge is -2.11. The lowest BCUT2D eigenvalue weighted by Crippen LogP contribution is -2.26. The highest BCUT2D eigenvalue weighted by atomic mass is 16.3. The Morgan fingerprint density at radius 2 is 2.45 bits per heavy atom. The van der Waals surface area contributed by atoms with Crippen LogP contribution in [0.4, 0.5) is 0 Å². The molecule has 0 fully saturated rings. The normalized spacial score (nSPS) is 20.7. The average Bonchev–Trinajstić information content (AvgIpc) is 2.30. The number of aliphatic hydroxyl groups is 1. The van der Waals surface area contributed by atoms with Gasteiger partial charge in [0.1, 0.15) is 0 Å². The predicted octanol–water partition coefficient (Wildman–Crippen LogP) is 0.973. The number of hydrogen-bond donors (Lipinski definition) is 2. The summed E-state index contributed by atoms with van der Waals surface area (Å²) in [5.41, 5.74) is 6.83. The Morgan fingerprint density at radius 3 is 3.18 bits per heavy atom. The highest BCUT2D eigenvalue weighted by molar-refractivity contribution is 5.19. The first-order valence-corrected chi connectivity index (χ1v) is 4.06. The van der Waals surface area contributed by atoms with Gasteiger partial charge in [-0.2, -0.15) is 0 Å². The summed E-state index contributed by atoms with van der Waals surface area (Å²) in [6.07, 6.45) is 9.48. The van der Waals surface area contributed by atoms with Gasteiger partial charge in [-0.15, -0.1) is 0 Å². The van der Waals surface area contributed by atoms with Crippen molar-refractivity contribution in [3.05, 3.63) is 23.8 Å². The number of hydrogen-bond acceptors (Lipinski definition) is 2. The van der Waals surface area contributed by atoms with E-state index in [1.54, 1.807) is 0 Å². The number of allylic oxidation sites excluding steroid dienone is 3. The molecule has 62 valence electrons. The maximum Gasteiger partial charge on any atom is 0.0621 e. The van der Waals surface area contributed by atoms with Crippen molar-refractivity contribution in [2.45, 2.75) is 25.3 Å². The van der Waals surface area contributed by atoms with Crippen molar-refractivity contribution in [1.82, 2.24) is 0 Å². The van der Waals surface area contributed by atoms with Gasteiger partial charge in [0.25, 0.3) is 0 Å². The van der Waals surface area contributed by atoms with E-state index in [0.717, 1.165) is 19.3 Å². The van der Waals surface area contributed by atoms with Gasteiger partial charge in [-0.3, -0.25) is 0 Å². The molecule has 1 rings (SSSR count). The standard InChI is InChI=1S/C9H15NO/c10-9(7-11)8-5-3-1-2-4-6-8/h1,3,5,9,11H,2,4,6-7,10H2/t9-/m1/s1. The second-order valence-corrected chi connectivity index (χ2v) is 2.85. The molecule has 1 aliphatic carbocycles. The van der Waals surface area contributed by atoms with Gasteiger partial charge in [-0.05, 0) is 19.3 Å². The summed E-state index contributed by atoms with van der Waals surface area (Å²) in [6.45, 7) is 0.0552. The van der Waals surface area contributed by atoms with Crippen molar-refractivity contribution in [2.24, 2.45) is 5.73 Å². The number of nitrogens with two attached hydrogens (primary N) is 1. The zero-order valence-electron chi connectivity index (χ0n) is 6.66. The van der Waals surface area contributed by atoms with Gasteiger partial charge in [-0.1, -0.05) is 23.8 Å². The molecule has 3 N–H and O–H groups in total. The van der Waals surface area contributed by atoms with Crippen LogP contribution in [0.5, 0.6) is 0 Å². The molecular weight excluding hydrogens is 138 g/mol. The quantitative estimate of drug-likeness (QED) is 0.621. The third-order valence-electron chi connectivity index (χ3n) is 1.96. The van der Waals surface area contributed by atoms with E-state index in [2.05, 4.69) is 6.08 Å². The summed E-state index contributed by atoms with van der Waals surface area (Å²) in [5.74, 6) is 0. The van der Waals surface area contributed by atoms with Crippen molar-refractivity contribution >= 4 is 0 Å². The molecule has 1 atom stereocenters. The first-order chi connectivity index (χ1) is 5.34. The fourth-order valence-electron chi connectivity index (χ4n) is 1.22.